The molecule has 0 saturated heterocycles. The maximum absolute atomic E-state index is 11.9. The van der Waals surface area contributed by atoms with E-state index in [2.05, 4.69) is 17.6 Å². The van der Waals surface area contributed by atoms with Gasteiger partial charge < -0.3 is 15.4 Å². The lowest BCUT2D eigenvalue weighted by molar-refractivity contribution is 0.0607. The summed E-state index contributed by atoms with van der Waals surface area (Å²) < 4.78 is 5.86. The molecule has 1 aromatic heterocycles. The summed E-state index contributed by atoms with van der Waals surface area (Å²) in [6.07, 6.45) is 0.982. The summed E-state index contributed by atoms with van der Waals surface area (Å²) in [5.74, 6) is -0.355. The van der Waals surface area contributed by atoms with E-state index in [1.807, 2.05) is 24.3 Å². The Morgan fingerprint density at radius 2 is 2.15 bits per heavy atom. The first-order valence-electron chi connectivity index (χ1n) is 6.32. The molecule has 6 heteroatoms. The van der Waals surface area contributed by atoms with E-state index in [1.54, 1.807) is 0 Å². The molecule has 0 atom stereocenters. The van der Waals surface area contributed by atoms with Gasteiger partial charge in [-0.15, -0.1) is 11.3 Å². The minimum atomic E-state index is -0.355. The van der Waals surface area contributed by atoms with Gasteiger partial charge in [0, 0.05) is 16.6 Å². The molecule has 0 unspecified atom stereocenters. The van der Waals surface area contributed by atoms with Gasteiger partial charge in [-0.2, -0.15) is 0 Å². The molecule has 0 aliphatic rings. The number of hydrogen-bond donors (Lipinski definition) is 2. The largest absolute Gasteiger partial charge is 0.465 e. The third-order valence-corrected chi connectivity index (χ3v) is 4.14. The molecule has 2 rings (SSSR count). The lowest BCUT2D eigenvalue weighted by Gasteiger charge is -2.10. The molecule has 0 amide bonds. The highest BCUT2D eigenvalue weighted by Gasteiger charge is 2.19. The summed E-state index contributed by atoms with van der Waals surface area (Å²) in [7, 11) is 1.38. The third-order valence-electron chi connectivity index (χ3n) is 2.74. The zero-order valence-electron chi connectivity index (χ0n) is 11.4. The topological polar surface area (TPSA) is 50.4 Å². The summed E-state index contributed by atoms with van der Waals surface area (Å²) in [6.45, 7) is 2.86. The first-order chi connectivity index (χ1) is 9.67. The summed E-state index contributed by atoms with van der Waals surface area (Å²) in [5, 5.41) is 7.69. The Morgan fingerprint density at radius 1 is 1.40 bits per heavy atom. The summed E-state index contributed by atoms with van der Waals surface area (Å²) >= 11 is 6.64. The van der Waals surface area contributed by atoms with Gasteiger partial charge in [0.1, 0.15) is 4.88 Å². The molecule has 1 aromatic carbocycles. The van der Waals surface area contributed by atoms with E-state index in [9.17, 15) is 4.79 Å². The van der Waals surface area contributed by atoms with E-state index in [-0.39, 0.29) is 5.97 Å². The van der Waals surface area contributed by atoms with E-state index in [1.165, 1.54) is 18.4 Å². The zero-order chi connectivity index (χ0) is 14.5. The first-order valence-corrected chi connectivity index (χ1v) is 7.54. The normalized spacial score (nSPS) is 10.3. The molecular weight excluding hydrogens is 292 g/mol. The number of carbonyl (C=O) groups excluding carboxylic acids is 1. The van der Waals surface area contributed by atoms with E-state index < -0.39 is 0 Å². The molecule has 0 aliphatic carbocycles. The lowest BCUT2D eigenvalue weighted by Crippen LogP contribution is -2.29. The number of hydrogen-bond acceptors (Lipinski definition) is 4. The fourth-order valence-electron chi connectivity index (χ4n) is 1.80. The van der Waals surface area contributed by atoms with Crippen molar-refractivity contribution in [1.82, 2.24) is 5.32 Å². The van der Waals surface area contributed by atoms with Crippen molar-refractivity contribution in [2.75, 3.05) is 19.0 Å². The van der Waals surface area contributed by atoms with Crippen LogP contribution in [-0.4, -0.2) is 24.7 Å². The van der Waals surface area contributed by atoms with Crippen LogP contribution in [0, 0.1) is 0 Å². The molecule has 0 radical (unpaired) electrons. The molecule has 20 heavy (non-hydrogen) atoms. The quantitative estimate of drug-likeness (QED) is 0.670. The van der Waals surface area contributed by atoms with Crippen LogP contribution in [0.15, 0.2) is 24.3 Å². The number of benzene rings is 1. The molecule has 2 N–H and O–H groups in total. The number of carbonyl (C=O) groups is 1. The van der Waals surface area contributed by atoms with Crippen molar-refractivity contribution < 1.29 is 9.53 Å². The molecule has 4 nitrogen and oxygen atoms in total. The highest BCUT2D eigenvalue weighted by molar-refractivity contribution is 7.80. The van der Waals surface area contributed by atoms with Crippen LogP contribution >= 0.6 is 23.6 Å². The predicted molar refractivity (Wildman–Crippen MR) is 87.7 cm³/mol. The van der Waals surface area contributed by atoms with Crippen molar-refractivity contribution in [1.29, 1.82) is 0 Å². The number of fused-ring (bicyclic) bond motifs is 1. The summed E-state index contributed by atoms with van der Waals surface area (Å²) in [5.41, 5.74) is 0.714. The molecule has 0 saturated carbocycles. The fraction of sp³-hybridized carbons (Fsp3) is 0.286. The number of methoxy groups -OCH3 is 1. The Morgan fingerprint density at radius 3 is 2.85 bits per heavy atom. The average Bonchev–Trinajstić information content (AvgIpc) is 2.83. The Kier molecular flexibility index (Phi) is 4.92. The van der Waals surface area contributed by atoms with Gasteiger partial charge in [-0.3, -0.25) is 0 Å². The van der Waals surface area contributed by atoms with Crippen molar-refractivity contribution in [3.05, 3.63) is 29.1 Å². The lowest BCUT2D eigenvalue weighted by atomic mass is 10.2. The van der Waals surface area contributed by atoms with Crippen LogP contribution in [0.1, 0.15) is 23.0 Å². The number of anilines is 1. The van der Waals surface area contributed by atoms with Crippen molar-refractivity contribution in [2.24, 2.45) is 0 Å². The van der Waals surface area contributed by atoms with Gasteiger partial charge in [0.25, 0.3) is 0 Å². The zero-order valence-corrected chi connectivity index (χ0v) is 13.0. The van der Waals surface area contributed by atoms with Gasteiger partial charge in [0.2, 0.25) is 0 Å². The monoisotopic (exact) mass is 308 g/mol. The highest BCUT2D eigenvalue weighted by Crippen LogP contribution is 2.36. The van der Waals surface area contributed by atoms with Crippen molar-refractivity contribution in [3.8, 4) is 0 Å². The number of thiophene rings is 1. The van der Waals surface area contributed by atoms with Crippen LogP contribution in [0.2, 0.25) is 0 Å². The summed E-state index contributed by atoms with van der Waals surface area (Å²) in [6, 6.07) is 7.81. The minimum absolute atomic E-state index is 0.355. The van der Waals surface area contributed by atoms with Gasteiger partial charge in [0.15, 0.2) is 5.11 Å². The maximum atomic E-state index is 11.9. The fourth-order valence-corrected chi connectivity index (χ4v) is 3.08. The minimum Gasteiger partial charge on any atom is -0.465 e. The Labute approximate surface area is 127 Å². The first kappa shape index (κ1) is 14.7. The van der Waals surface area contributed by atoms with Gasteiger partial charge in [-0.25, -0.2) is 4.79 Å². The second kappa shape index (κ2) is 6.67. The Hall–Kier alpha value is -1.66. The van der Waals surface area contributed by atoms with Crippen molar-refractivity contribution in [3.63, 3.8) is 0 Å². The number of rotatable bonds is 4. The van der Waals surface area contributed by atoms with Crippen LogP contribution < -0.4 is 10.6 Å². The molecule has 0 aliphatic heterocycles. The van der Waals surface area contributed by atoms with E-state index >= 15 is 0 Å². The average molecular weight is 308 g/mol. The summed E-state index contributed by atoms with van der Waals surface area (Å²) in [4.78, 5) is 12.4. The van der Waals surface area contributed by atoms with E-state index in [0.717, 1.165) is 23.1 Å². The van der Waals surface area contributed by atoms with Crippen molar-refractivity contribution in [2.45, 2.75) is 13.3 Å². The Bertz CT molecular complexity index is 637. The number of ether oxygens (including phenoxy) is 1. The Balaban J connectivity index is 2.38. The molecule has 0 bridgehead atoms. The number of thiocarbonyl (C=S) groups is 1. The second-order valence-corrected chi connectivity index (χ2v) is 5.64. The van der Waals surface area contributed by atoms with Crippen LogP contribution in [0.3, 0.4) is 0 Å². The van der Waals surface area contributed by atoms with Crippen LogP contribution in [-0.2, 0) is 4.74 Å². The van der Waals surface area contributed by atoms with Crippen LogP contribution in [0.25, 0.3) is 10.1 Å². The van der Waals surface area contributed by atoms with Gasteiger partial charge >= 0.3 is 5.97 Å². The van der Waals surface area contributed by atoms with Crippen LogP contribution in [0.4, 0.5) is 5.69 Å². The second-order valence-electron chi connectivity index (χ2n) is 4.17. The molecular formula is C14H16N2O2S2. The smallest absolute Gasteiger partial charge is 0.350 e. The van der Waals surface area contributed by atoms with Gasteiger partial charge in [0.05, 0.1) is 12.8 Å². The molecule has 2 aromatic rings. The van der Waals surface area contributed by atoms with E-state index in [4.69, 9.17) is 17.0 Å². The molecule has 0 spiro atoms. The van der Waals surface area contributed by atoms with Gasteiger partial charge in [-0.1, -0.05) is 25.1 Å². The van der Waals surface area contributed by atoms with Crippen LogP contribution in [0.5, 0.6) is 0 Å². The molecule has 106 valence electrons. The SMILES string of the molecule is CCCNC(=S)Nc1c(C(=O)OC)sc2ccccc12. The maximum Gasteiger partial charge on any atom is 0.350 e. The molecule has 0 fully saturated rings. The van der Waals surface area contributed by atoms with Gasteiger partial charge in [-0.05, 0) is 24.7 Å². The predicted octanol–water partition coefficient (Wildman–Crippen LogP) is 3.38. The number of nitrogens with one attached hydrogen (secondary N) is 2. The van der Waals surface area contributed by atoms with Crippen molar-refractivity contribution >= 4 is 50.4 Å². The standard InChI is InChI=1S/C14H16N2O2S2/c1-3-8-15-14(19)16-11-9-6-4-5-7-10(9)20-12(11)13(17)18-2/h4-7H,3,8H2,1-2H3,(H2,15,16,19). The highest BCUT2D eigenvalue weighted by atomic mass is 32.1. The van der Waals surface area contributed by atoms with E-state index in [0.29, 0.717) is 15.7 Å². The third kappa shape index (κ3) is 3.08. The number of esters is 1. The molecule has 1 heterocycles.